The fraction of sp³-hybridized carbons (Fsp3) is 0.824. The van der Waals surface area contributed by atoms with Gasteiger partial charge in [-0.05, 0) is 25.7 Å². The lowest BCUT2D eigenvalue weighted by molar-refractivity contribution is -0.133. The van der Waals surface area contributed by atoms with Gasteiger partial charge in [-0.25, -0.2) is 0 Å². The Balaban J connectivity index is 1.41. The van der Waals surface area contributed by atoms with Crippen molar-refractivity contribution < 1.29 is 18.8 Å². The van der Waals surface area contributed by atoms with E-state index < -0.39 is 0 Å². The van der Waals surface area contributed by atoms with Crippen molar-refractivity contribution in [1.82, 2.24) is 15.0 Å². The van der Waals surface area contributed by atoms with Gasteiger partial charge in [0.25, 0.3) is 0 Å². The van der Waals surface area contributed by atoms with E-state index in [1.165, 1.54) is 0 Å². The summed E-state index contributed by atoms with van der Waals surface area (Å²) in [7, 11) is 0. The van der Waals surface area contributed by atoms with Crippen molar-refractivity contribution in [2.75, 3.05) is 32.9 Å². The van der Waals surface area contributed by atoms with Crippen molar-refractivity contribution in [2.45, 2.75) is 57.5 Å². The molecule has 2 atom stereocenters. The van der Waals surface area contributed by atoms with Crippen molar-refractivity contribution >= 4 is 5.91 Å². The smallest absolute Gasteiger partial charge is 0.226 e. The van der Waals surface area contributed by atoms with Crippen LogP contribution in [0.15, 0.2) is 4.52 Å². The summed E-state index contributed by atoms with van der Waals surface area (Å²) in [5, 5.41) is 4.06. The molecular weight excluding hydrogens is 310 g/mol. The summed E-state index contributed by atoms with van der Waals surface area (Å²) in [6.45, 7) is 5.36. The molecule has 24 heavy (non-hydrogen) atoms. The first kappa shape index (κ1) is 17.4. The Labute approximate surface area is 142 Å². The zero-order chi connectivity index (χ0) is 16.8. The van der Waals surface area contributed by atoms with Gasteiger partial charge in [-0.2, -0.15) is 4.98 Å². The van der Waals surface area contributed by atoms with E-state index in [0.29, 0.717) is 32.1 Å². The van der Waals surface area contributed by atoms with Crippen LogP contribution in [-0.2, 0) is 20.7 Å². The number of carbonyl (C=O) groups excluding carboxylic acids is 1. The summed E-state index contributed by atoms with van der Waals surface area (Å²) < 4.78 is 16.3. The number of rotatable bonds is 7. The van der Waals surface area contributed by atoms with Gasteiger partial charge >= 0.3 is 0 Å². The SMILES string of the molecule is CCc1nc([C@H]2CCCN(C(=O)CCOC[C@@H]3CCCO3)C2)no1. The fourth-order valence-corrected chi connectivity index (χ4v) is 3.30. The quantitative estimate of drug-likeness (QED) is 0.708. The molecule has 0 aliphatic carbocycles. The molecule has 2 fully saturated rings. The lowest BCUT2D eigenvalue weighted by atomic mass is 9.97. The van der Waals surface area contributed by atoms with Crippen LogP contribution in [0.2, 0.25) is 0 Å². The molecule has 1 aromatic rings. The van der Waals surface area contributed by atoms with Gasteiger partial charge in [0.1, 0.15) is 0 Å². The Morgan fingerprint density at radius 2 is 2.29 bits per heavy atom. The molecule has 7 nitrogen and oxygen atoms in total. The van der Waals surface area contributed by atoms with Crippen LogP contribution in [0.4, 0.5) is 0 Å². The minimum Gasteiger partial charge on any atom is -0.378 e. The Hall–Kier alpha value is -1.47. The minimum absolute atomic E-state index is 0.145. The number of likely N-dealkylation sites (tertiary alicyclic amines) is 1. The van der Waals surface area contributed by atoms with Crippen LogP contribution in [0.3, 0.4) is 0 Å². The van der Waals surface area contributed by atoms with Crippen LogP contribution in [-0.4, -0.2) is 60.0 Å². The average Bonchev–Trinajstić information content (AvgIpc) is 3.30. The number of aryl methyl sites for hydroxylation is 1. The predicted octanol–water partition coefficient (Wildman–Crippen LogP) is 1.92. The zero-order valence-corrected chi connectivity index (χ0v) is 14.4. The number of hydrogen-bond donors (Lipinski definition) is 0. The van der Waals surface area contributed by atoms with E-state index >= 15 is 0 Å². The number of aromatic nitrogens is 2. The second kappa shape index (κ2) is 8.58. The van der Waals surface area contributed by atoms with Crippen LogP contribution >= 0.6 is 0 Å². The molecule has 0 bridgehead atoms. The first-order valence-corrected chi connectivity index (χ1v) is 9.06. The topological polar surface area (TPSA) is 77.7 Å². The van der Waals surface area contributed by atoms with Crippen LogP contribution in [0.5, 0.6) is 0 Å². The second-order valence-corrected chi connectivity index (χ2v) is 6.54. The maximum atomic E-state index is 12.4. The molecule has 2 aliphatic heterocycles. The average molecular weight is 337 g/mol. The number of carbonyl (C=O) groups is 1. The summed E-state index contributed by atoms with van der Waals surface area (Å²) in [4.78, 5) is 18.7. The first-order chi connectivity index (χ1) is 11.8. The van der Waals surface area contributed by atoms with Gasteiger partial charge in [-0.15, -0.1) is 0 Å². The van der Waals surface area contributed by atoms with Gasteiger partial charge in [0, 0.05) is 32.0 Å². The minimum atomic E-state index is 0.145. The summed E-state index contributed by atoms with van der Waals surface area (Å²) in [5.41, 5.74) is 0. The molecule has 2 aliphatic rings. The molecule has 1 aromatic heterocycles. The largest absolute Gasteiger partial charge is 0.378 e. The van der Waals surface area contributed by atoms with Crippen molar-refractivity contribution in [3.05, 3.63) is 11.7 Å². The molecule has 134 valence electrons. The van der Waals surface area contributed by atoms with Crippen molar-refractivity contribution in [3.63, 3.8) is 0 Å². The van der Waals surface area contributed by atoms with E-state index in [-0.39, 0.29) is 17.9 Å². The van der Waals surface area contributed by atoms with Gasteiger partial charge in [0.15, 0.2) is 5.82 Å². The van der Waals surface area contributed by atoms with Gasteiger partial charge in [0.05, 0.1) is 25.7 Å². The molecule has 0 N–H and O–H groups in total. The molecule has 3 rings (SSSR count). The van der Waals surface area contributed by atoms with Crippen molar-refractivity contribution in [1.29, 1.82) is 0 Å². The molecule has 0 unspecified atom stereocenters. The first-order valence-electron chi connectivity index (χ1n) is 9.06. The van der Waals surface area contributed by atoms with Crippen LogP contribution < -0.4 is 0 Å². The molecule has 0 spiro atoms. The van der Waals surface area contributed by atoms with E-state index in [4.69, 9.17) is 14.0 Å². The summed E-state index contributed by atoms with van der Waals surface area (Å²) in [5.74, 6) is 1.72. The Morgan fingerprint density at radius 3 is 3.04 bits per heavy atom. The van der Waals surface area contributed by atoms with E-state index in [2.05, 4.69) is 10.1 Å². The van der Waals surface area contributed by atoms with Gasteiger partial charge < -0.3 is 18.9 Å². The molecular formula is C17H27N3O4. The standard InChI is InChI=1S/C17H27N3O4/c1-2-15-18-17(19-24-15)13-5-3-8-20(11-13)16(21)7-10-22-12-14-6-4-9-23-14/h13-14H,2-12H2,1H3/t13-,14-/m0/s1. The molecule has 1 amide bonds. The van der Waals surface area contributed by atoms with E-state index in [9.17, 15) is 4.79 Å². The molecule has 0 radical (unpaired) electrons. The number of hydrogen-bond acceptors (Lipinski definition) is 6. The second-order valence-electron chi connectivity index (χ2n) is 6.54. The summed E-state index contributed by atoms with van der Waals surface area (Å²) in [6, 6.07) is 0. The van der Waals surface area contributed by atoms with Crippen molar-refractivity contribution in [3.8, 4) is 0 Å². The Bertz CT molecular complexity index is 528. The highest BCUT2D eigenvalue weighted by Crippen LogP contribution is 2.25. The van der Waals surface area contributed by atoms with E-state index in [1.807, 2.05) is 11.8 Å². The number of ether oxygens (including phenoxy) is 2. The lowest BCUT2D eigenvalue weighted by Crippen LogP contribution is -2.39. The monoisotopic (exact) mass is 337 g/mol. The normalized spacial score (nSPS) is 24.5. The highest BCUT2D eigenvalue weighted by Gasteiger charge is 2.27. The highest BCUT2D eigenvalue weighted by molar-refractivity contribution is 5.76. The molecule has 7 heteroatoms. The van der Waals surface area contributed by atoms with Gasteiger partial charge in [0.2, 0.25) is 11.8 Å². The summed E-state index contributed by atoms with van der Waals surface area (Å²) >= 11 is 0. The Kier molecular flexibility index (Phi) is 6.20. The molecule has 3 heterocycles. The number of amides is 1. The summed E-state index contributed by atoms with van der Waals surface area (Å²) in [6.07, 6.45) is 5.52. The molecule has 0 saturated carbocycles. The Morgan fingerprint density at radius 1 is 1.38 bits per heavy atom. The zero-order valence-electron chi connectivity index (χ0n) is 14.4. The van der Waals surface area contributed by atoms with Crippen LogP contribution in [0.1, 0.15) is 56.7 Å². The van der Waals surface area contributed by atoms with Gasteiger partial charge in [-0.1, -0.05) is 12.1 Å². The molecule has 2 saturated heterocycles. The maximum absolute atomic E-state index is 12.4. The van der Waals surface area contributed by atoms with Crippen LogP contribution in [0.25, 0.3) is 0 Å². The maximum Gasteiger partial charge on any atom is 0.226 e. The lowest BCUT2D eigenvalue weighted by Gasteiger charge is -2.31. The van der Waals surface area contributed by atoms with E-state index in [1.54, 1.807) is 0 Å². The third kappa shape index (κ3) is 4.54. The third-order valence-corrected chi connectivity index (χ3v) is 4.71. The van der Waals surface area contributed by atoms with E-state index in [0.717, 1.165) is 51.1 Å². The third-order valence-electron chi connectivity index (χ3n) is 4.71. The van der Waals surface area contributed by atoms with Crippen LogP contribution in [0, 0.1) is 0 Å². The van der Waals surface area contributed by atoms with Crippen molar-refractivity contribution in [2.24, 2.45) is 0 Å². The fourth-order valence-electron chi connectivity index (χ4n) is 3.30. The molecule has 0 aromatic carbocycles. The number of nitrogens with zero attached hydrogens (tertiary/aromatic N) is 3. The number of piperidine rings is 1. The van der Waals surface area contributed by atoms with Gasteiger partial charge in [-0.3, -0.25) is 4.79 Å². The predicted molar refractivity (Wildman–Crippen MR) is 86.6 cm³/mol. The highest BCUT2D eigenvalue weighted by atomic mass is 16.5.